The van der Waals surface area contributed by atoms with E-state index < -0.39 is 17.8 Å². The van der Waals surface area contributed by atoms with Gasteiger partial charge in [0.05, 0.1) is 29.7 Å². The normalized spacial score (nSPS) is 19.1. The van der Waals surface area contributed by atoms with Crippen LogP contribution in [-0.2, 0) is 4.79 Å². The van der Waals surface area contributed by atoms with Crippen molar-refractivity contribution in [3.63, 3.8) is 0 Å². The molecule has 43 heavy (non-hydrogen) atoms. The number of amides is 1. The van der Waals surface area contributed by atoms with Gasteiger partial charge in [0, 0.05) is 53.9 Å². The average Bonchev–Trinajstić information content (AvgIpc) is 3.43. The number of hydrogen-bond donors (Lipinski definition) is 0. The van der Waals surface area contributed by atoms with Gasteiger partial charge in [-0.15, -0.1) is 0 Å². The molecule has 0 spiro atoms. The van der Waals surface area contributed by atoms with Gasteiger partial charge in [-0.05, 0) is 49.5 Å². The van der Waals surface area contributed by atoms with E-state index >= 15 is 0 Å². The maximum absolute atomic E-state index is 13.8. The van der Waals surface area contributed by atoms with Crippen LogP contribution >= 0.6 is 11.6 Å². The third-order valence-electron chi connectivity index (χ3n) is 8.50. The second-order valence-corrected chi connectivity index (χ2v) is 11.6. The van der Waals surface area contributed by atoms with Crippen molar-refractivity contribution in [2.24, 2.45) is 0 Å². The molecule has 10 heteroatoms. The molecule has 0 bridgehead atoms. The monoisotopic (exact) mass is 598 g/mol. The Labute approximate surface area is 254 Å². The predicted molar refractivity (Wildman–Crippen MR) is 167 cm³/mol. The number of likely N-dealkylation sites (N-methyl/N-ethyl adjacent to an activating group) is 1. The Kier molecular flexibility index (Phi) is 8.15. The molecule has 0 saturated carbocycles. The summed E-state index contributed by atoms with van der Waals surface area (Å²) in [6.07, 6.45) is 4.08. The molecule has 1 amide bonds. The number of piperazine rings is 1. The van der Waals surface area contributed by atoms with Crippen molar-refractivity contribution >= 4 is 45.0 Å². The third kappa shape index (κ3) is 5.73. The van der Waals surface area contributed by atoms with Crippen LogP contribution in [0, 0.1) is 11.3 Å². The Morgan fingerprint density at radius 2 is 2.00 bits per heavy atom. The number of benzene rings is 2. The average molecular weight is 599 g/mol. The van der Waals surface area contributed by atoms with Crippen molar-refractivity contribution in [3.8, 4) is 23.1 Å². The molecule has 2 aliphatic heterocycles. The molecule has 1 unspecified atom stereocenters. The molecule has 4 heterocycles. The second-order valence-electron chi connectivity index (χ2n) is 11.2. The zero-order valence-electron chi connectivity index (χ0n) is 24.0. The minimum atomic E-state index is -1.03. The molecule has 2 aromatic heterocycles. The number of aromatic nitrogens is 2. The number of halogens is 2. The Balaban J connectivity index is 1.41. The number of hydrogen-bond acceptors (Lipinski definition) is 7. The van der Waals surface area contributed by atoms with Gasteiger partial charge in [-0.3, -0.25) is 9.78 Å². The molecule has 2 fully saturated rings. The lowest BCUT2D eigenvalue weighted by atomic mass is 9.99. The topological polar surface area (TPSA) is 85.6 Å². The van der Waals surface area contributed by atoms with E-state index in [0.717, 1.165) is 47.0 Å². The Morgan fingerprint density at radius 3 is 2.74 bits per heavy atom. The molecule has 4 aromatic rings. The number of likely N-dealkylation sites (tertiary alicyclic amines) is 1. The first-order valence-corrected chi connectivity index (χ1v) is 14.8. The van der Waals surface area contributed by atoms with E-state index in [-0.39, 0.29) is 13.0 Å². The van der Waals surface area contributed by atoms with Gasteiger partial charge >= 0.3 is 0 Å². The molecule has 0 N–H and O–H groups in total. The van der Waals surface area contributed by atoms with E-state index in [2.05, 4.69) is 29.5 Å². The summed E-state index contributed by atoms with van der Waals surface area (Å²) in [6, 6.07) is 17.7. The highest BCUT2D eigenvalue weighted by atomic mass is 35.5. The highest BCUT2D eigenvalue weighted by molar-refractivity contribution is 6.36. The first-order valence-electron chi connectivity index (χ1n) is 14.4. The second kappa shape index (κ2) is 12.2. The molecule has 2 atom stereocenters. The standard InChI is InChI=1S/C33H32ClFN6O2/c1-21(35)33(42)41-15-14-40(19-24(41)11-12-36)29-17-30(43-20-25-8-5-13-39(25)2)38-28-16-23(18-37-32(28)29)26-9-3-6-22-7-4-10-27(34)31(22)26/h3-4,6-7,9-10,16-18,24-25H,1,5,8,11,13-15,19-20H2,2H3/t24?,25-/m0/s1. The molecular formula is C33H32ClFN6O2. The summed E-state index contributed by atoms with van der Waals surface area (Å²) in [7, 11) is 2.11. The molecule has 6 rings (SSSR count). The van der Waals surface area contributed by atoms with E-state index in [9.17, 15) is 14.4 Å². The fourth-order valence-corrected chi connectivity index (χ4v) is 6.50. The van der Waals surface area contributed by atoms with Crippen molar-refractivity contribution in [2.45, 2.75) is 31.3 Å². The highest BCUT2D eigenvalue weighted by Crippen LogP contribution is 2.37. The molecule has 0 aliphatic carbocycles. The SMILES string of the molecule is C=C(F)C(=O)N1CCN(c2cc(OC[C@@H]3CCCN3C)nc3cc(-c4cccc5cccc(Cl)c45)cnc23)CC1CC#N. The number of rotatable bonds is 7. The minimum absolute atomic E-state index is 0.0648. The van der Waals surface area contributed by atoms with Gasteiger partial charge in [-0.2, -0.15) is 5.26 Å². The molecule has 220 valence electrons. The lowest BCUT2D eigenvalue weighted by Crippen LogP contribution is -2.55. The van der Waals surface area contributed by atoms with Crippen LogP contribution in [0.5, 0.6) is 5.88 Å². The summed E-state index contributed by atoms with van der Waals surface area (Å²) in [6.45, 7) is 5.72. The maximum atomic E-state index is 13.8. The van der Waals surface area contributed by atoms with Crippen LogP contribution in [0.25, 0.3) is 32.9 Å². The number of fused-ring (bicyclic) bond motifs is 2. The van der Waals surface area contributed by atoms with E-state index in [1.165, 1.54) is 4.90 Å². The van der Waals surface area contributed by atoms with E-state index in [0.29, 0.717) is 47.7 Å². The Hall–Kier alpha value is -4.26. The Morgan fingerprint density at radius 1 is 1.19 bits per heavy atom. The molecular weight excluding hydrogens is 567 g/mol. The highest BCUT2D eigenvalue weighted by Gasteiger charge is 2.33. The Bertz CT molecular complexity index is 1750. The summed E-state index contributed by atoms with van der Waals surface area (Å²) in [5.74, 6) is -1.33. The third-order valence-corrected chi connectivity index (χ3v) is 8.82. The van der Waals surface area contributed by atoms with Crippen LogP contribution in [-0.4, -0.2) is 77.6 Å². The summed E-state index contributed by atoms with van der Waals surface area (Å²) in [4.78, 5) is 28.0. The lowest BCUT2D eigenvalue weighted by molar-refractivity contribution is -0.131. The smallest absolute Gasteiger partial charge is 0.282 e. The van der Waals surface area contributed by atoms with Gasteiger partial charge in [-0.1, -0.05) is 48.5 Å². The van der Waals surface area contributed by atoms with Gasteiger partial charge < -0.3 is 19.4 Å². The number of nitrogens with zero attached hydrogens (tertiary/aromatic N) is 6. The zero-order valence-corrected chi connectivity index (χ0v) is 24.7. The molecule has 2 saturated heterocycles. The van der Waals surface area contributed by atoms with Crippen LogP contribution in [0.2, 0.25) is 5.02 Å². The first-order chi connectivity index (χ1) is 20.8. The zero-order chi connectivity index (χ0) is 30.1. The van der Waals surface area contributed by atoms with Crippen LogP contribution in [0.3, 0.4) is 0 Å². The fraction of sp³-hybridized carbons (Fsp3) is 0.333. The number of anilines is 1. The van der Waals surface area contributed by atoms with Crippen molar-refractivity contribution < 1.29 is 13.9 Å². The van der Waals surface area contributed by atoms with Gasteiger partial charge in [0.1, 0.15) is 12.1 Å². The largest absolute Gasteiger partial charge is 0.476 e. The van der Waals surface area contributed by atoms with Crippen molar-refractivity contribution in [1.82, 2.24) is 19.8 Å². The van der Waals surface area contributed by atoms with Gasteiger partial charge in [0.15, 0.2) is 5.83 Å². The summed E-state index contributed by atoms with van der Waals surface area (Å²) >= 11 is 6.64. The quantitative estimate of drug-likeness (QED) is 0.242. The van der Waals surface area contributed by atoms with Crippen LogP contribution < -0.4 is 9.64 Å². The summed E-state index contributed by atoms with van der Waals surface area (Å²) in [5, 5.41) is 12.1. The minimum Gasteiger partial charge on any atom is -0.476 e. The number of ether oxygens (including phenoxy) is 1. The van der Waals surface area contributed by atoms with Crippen LogP contribution in [0.1, 0.15) is 19.3 Å². The molecule has 2 aliphatic rings. The lowest BCUT2D eigenvalue weighted by Gasteiger charge is -2.41. The molecule has 8 nitrogen and oxygen atoms in total. The number of carbonyl (C=O) groups is 1. The van der Waals surface area contributed by atoms with Crippen molar-refractivity contribution in [1.29, 1.82) is 5.26 Å². The number of pyridine rings is 2. The van der Waals surface area contributed by atoms with Gasteiger partial charge in [0.25, 0.3) is 5.91 Å². The predicted octanol–water partition coefficient (Wildman–Crippen LogP) is 5.99. The molecule has 2 aromatic carbocycles. The van der Waals surface area contributed by atoms with Crippen molar-refractivity contribution in [2.75, 3.05) is 44.7 Å². The van der Waals surface area contributed by atoms with Crippen molar-refractivity contribution in [3.05, 3.63) is 72.2 Å². The van der Waals surface area contributed by atoms with Gasteiger partial charge in [0.2, 0.25) is 5.88 Å². The van der Waals surface area contributed by atoms with Crippen LogP contribution in [0.4, 0.5) is 10.1 Å². The summed E-state index contributed by atoms with van der Waals surface area (Å²) in [5.41, 5.74) is 3.94. The summed E-state index contributed by atoms with van der Waals surface area (Å²) < 4.78 is 20.1. The first kappa shape index (κ1) is 28.8. The van der Waals surface area contributed by atoms with E-state index in [1.807, 2.05) is 54.7 Å². The van der Waals surface area contributed by atoms with Crippen LogP contribution in [0.15, 0.2) is 67.1 Å². The van der Waals surface area contributed by atoms with E-state index in [4.69, 9.17) is 26.3 Å². The molecule has 0 radical (unpaired) electrons. The number of carbonyl (C=O) groups excluding carboxylic acids is 1. The fourth-order valence-electron chi connectivity index (χ4n) is 6.22. The number of nitriles is 1. The van der Waals surface area contributed by atoms with E-state index in [1.54, 1.807) is 0 Å². The maximum Gasteiger partial charge on any atom is 0.282 e. The van der Waals surface area contributed by atoms with Gasteiger partial charge in [-0.25, -0.2) is 9.37 Å².